The predicted molar refractivity (Wildman–Crippen MR) is 87.2 cm³/mol. The fourth-order valence-corrected chi connectivity index (χ4v) is 3.26. The molecule has 0 aromatic heterocycles. The van der Waals surface area contributed by atoms with Crippen LogP contribution in [-0.2, 0) is 0 Å². The largest absolute Gasteiger partial charge is 0.335 e. The van der Waals surface area contributed by atoms with E-state index in [9.17, 15) is 4.79 Å². The van der Waals surface area contributed by atoms with Crippen molar-refractivity contribution >= 4 is 11.7 Å². The maximum absolute atomic E-state index is 12.1. The van der Waals surface area contributed by atoms with Gasteiger partial charge in [-0.25, -0.2) is 4.79 Å². The molecule has 0 radical (unpaired) electrons. The Bertz CT molecular complexity index is 487. The fraction of sp³-hybridized carbons (Fsp3) is 0.588. The summed E-state index contributed by atoms with van der Waals surface area (Å²) in [5.41, 5.74) is 7.68. The van der Waals surface area contributed by atoms with Crippen molar-refractivity contribution in [1.82, 2.24) is 5.32 Å². The first kappa shape index (κ1) is 15.8. The molecule has 2 amide bonds. The number of rotatable bonds is 4. The molecule has 4 atom stereocenters. The number of nitrogens with two attached hydrogens (primary N) is 1. The summed E-state index contributed by atoms with van der Waals surface area (Å²) in [4.78, 5) is 12.1. The average Bonchev–Trinajstić information content (AvgIpc) is 2.79. The average molecular weight is 289 g/mol. The number of anilines is 1. The number of hydrogen-bond acceptors (Lipinski definition) is 2. The minimum absolute atomic E-state index is 0.0324. The molecule has 4 unspecified atom stereocenters. The summed E-state index contributed by atoms with van der Waals surface area (Å²) in [5.74, 6) is 1.29. The quantitative estimate of drug-likeness (QED) is 0.792. The van der Waals surface area contributed by atoms with Crippen LogP contribution in [0.25, 0.3) is 0 Å². The highest BCUT2D eigenvalue weighted by Crippen LogP contribution is 2.33. The minimum Gasteiger partial charge on any atom is -0.335 e. The third kappa shape index (κ3) is 3.97. The third-order valence-corrected chi connectivity index (χ3v) is 4.74. The van der Waals surface area contributed by atoms with Crippen molar-refractivity contribution in [3.05, 3.63) is 29.8 Å². The van der Waals surface area contributed by atoms with Crippen LogP contribution in [0.1, 0.15) is 51.6 Å². The Balaban J connectivity index is 1.92. The van der Waals surface area contributed by atoms with E-state index in [4.69, 9.17) is 5.73 Å². The van der Waals surface area contributed by atoms with Crippen LogP contribution in [0.3, 0.4) is 0 Å². The second kappa shape index (κ2) is 6.94. The summed E-state index contributed by atoms with van der Waals surface area (Å²) in [7, 11) is 0. The smallest absolute Gasteiger partial charge is 0.319 e. The van der Waals surface area contributed by atoms with Gasteiger partial charge in [-0.3, -0.25) is 0 Å². The molecule has 2 rings (SSSR count). The van der Waals surface area contributed by atoms with Gasteiger partial charge in [0.25, 0.3) is 0 Å². The fourth-order valence-electron chi connectivity index (χ4n) is 3.26. The molecule has 116 valence electrons. The Hall–Kier alpha value is -1.55. The SMILES string of the molecule is CCC1CCC(NC(=O)Nc2cccc(C(C)N)c2)C1C. The first-order chi connectivity index (χ1) is 10.0. The van der Waals surface area contributed by atoms with Crippen molar-refractivity contribution < 1.29 is 4.79 Å². The van der Waals surface area contributed by atoms with Crippen LogP contribution in [0.5, 0.6) is 0 Å². The van der Waals surface area contributed by atoms with Gasteiger partial charge >= 0.3 is 6.03 Å². The number of benzene rings is 1. The van der Waals surface area contributed by atoms with Gasteiger partial charge in [0.2, 0.25) is 0 Å². The molecule has 1 aliphatic rings. The van der Waals surface area contributed by atoms with E-state index in [0.717, 1.165) is 23.6 Å². The Kier molecular flexibility index (Phi) is 5.23. The molecule has 4 nitrogen and oxygen atoms in total. The highest BCUT2D eigenvalue weighted by Gasteiger charge is 2.32. The van der Waals surface area contributed by atoms with E-state index in [2.05, 4.69) is 24.5 Å². The maximum Gasteiger partial charge on any atom is 0.319 e. The monoisotopic (exact) mass is 289 g/mol. The number of carbonyl (C=O) groups is 1. The molecular formula is C17H27N3O. The number of hydrogen-bond donors (Lipinski definition) is 3. The topological polar surface area (TPSA) is 67.2 Å². The van der Waals surface area contributed by atoms with E-state index in [1.165, 1.54) is 12.8 Å². The van der Waals surface area contributed by atoms with Crippen LogP contribution in [0.15, 0.2) is 24.3 Å². The van der Waals surface area contributed by atoms with Crippen LogP contribution in [0.4, 0.5) is 10.5 Å². The molecule has 0 aliphatic heterocycles. The maximum atomic E-state index is 12.1. The van der Waals surface area contributed by atoms with Crippen LogP contribution >= 0.6 is 0 Å². The normalized spacial score (nSPS) is 26.4. The van der Waals surface area contributed by atoms with Crippen molar-refractivity contribution in [3.63, 3.8) is 0 Å². The highest BCUT2D eigenvalue weighted by molar-refractivity contribution is 5.89. The van der Waals surface area contributed by atoms with Crippen molar-refractivity contribution in [3.8, 4) is 0 Å². The lowest BCUT2D eigenvalue weighted by molar-refractivity contribution is 0.243. The zero-order valence-corrected chi connectivity index (χ0v) is 13.2. The molecule has 0 spiro atoms. The molecule has 1 aliphatic carbocycles. The van der Waals surface area contributed by atoms with Gasteiger partial charge < -0.3 is 16.4 Å². The summed E-state index contributed by atoms with van der Waals surface area (Å²) in [6.45, 7) is 6.40. The van der Waals surface area contributed by atoms with Crippen LogP contribution in [-0.4, -0.2) is 12.1 Å². The van der Waals surface area contributed by atoms with Crippen molar-refractivity contribution in [2.45, 2.75) is 52.1 Å². The molecule has 1 saturated carbocycles. The molecule has 1 aromatic rings. The van der Waals surface area contributed by atoms with Crippen molar-refractivity contribution in [2.24, 2.45) is 17.6 Å². The standard InChI is InChI=1S/C17H27N3O/c1-4-13-8-9-16(11(13)2)20-17(21)19-15-7-5-6-14(10-15)12(3)18/h5-7,10-13,16H,4,8-9,18H2,1-3H3,(H2,19,20,21). The second-order valence-corrected chi connectivity index (χ2v) is 6.22. The van der Waals surface area contributed by atoms with Crippen molar-refractivity contribution in [1.29, 1.82) is 0 Å². The summed E-state index contributed by atoms with van der Waals surface area (Å²) in [6.07, 6.45) is 3.48. The second-order valence-electron chi connectivity index (χ2n) is 6.22. The summed E-state index contributed by atoms with van der Waals surface area (Å²) < 4.78 is 0. The van der Waals surface area contributed by atoms with Gasteiger partial charge in [-0.1, -0.05) is 32.4 Å². The van der Waals surface area contributed by atoms with Gasteiger partial charge in [-0.15, -0.1) is 0 Å². The molecule has 1 fully saturated rings. The van der Waals surface area contributed by atoms with E-state index < -0.39 is 0 Å². The summed E-state index contributed by atoms with van der Waals surface area (Å²) in [6, 6.07) is 7.83. The molecule has 0 saturated heterocycles. The molecule has 21 heavy (non-hydrogen) atoms. The van der Waals surface area contributed by atoms with Crippen LogP contribution in [0.2, 0.25) is 0 Å². The summed E-state index contributed by atoms with van der Waals surface area (Å²) >= 11 is 0. The summed E-state index contributed by atoms with van der Waals surface area (Å²) in [5, 5.41) is 6.02. The highest BCUT2D eigenvalue weighted by atomic mass is 16.2. The van der Waals surface area contributed by atoms with Gasteiger partial charge in [0.05, 0.1) is 0 Å². The molecule has 0 bridgehead atoms. The van der Waals surface area contributed by atoms with Crippen molar-refractivity contribution in [2.75, 3.05) is 5.32 Å². The minimum atomic E-state index is -0.120. The molecular weight excluding hydrogens is 262 g/mol. The first-order valence-electron chi connectivity index (χ1n) is 7.94. The Labute approximate surface area is 127 Å². The number of amides is 2. The van der Waals surface area contributed by atoms with E-state index in [1.54, 1.807) is 0 Å². The lowest BCUT2D eigenvalue weighted by atomic mass is 9.94. The van der Waals surface area contributed by atoms with Gasteiger partial charge in [0.1, 0.15) is 0 Å². The van der Waals surface area contributed by atoms with E-state index in [1.807, 2.05) is 31.2 Å². The molecule has 4 heteroatoms. The number of nitrogens with one attached hydrogen (secondary N) is 2. The molecule has 0 heterocycles. The van der Waals surface area contributed by atoms with Gasteiger partial charge in [0, 0.05) is 17.8 Å². The Morgan fingerprint density at radius 3 is 2.81 bits per heavy atom. The van der Waals surface area contributed by atoms with E-state index in [-0.39, 0.29) is 18.1 Å². The lowest BCUT2D eigenvalue weighted by Crippen LogP contribution is -2.40. The Morgan fingerprint density at radius 1 is 1.43 bits per heavy atom. The van der Waals surface area contributed by atoms with Gasteiger partial charge in [-0.2, -0.15) is 0 Å². The van der Waals surface area contributed by atoms with Crippen LogP contribution < -0.4 is 16.4 Å². The van der Waals surface area contributed by atoms with Gasteiger partial charge in [-0.05, 0) is 49.3 Å². The van der Waals surface area contributed by atoms with E-state index >= 15 is 0 Å². The van der Waals surface area contributed by atoms with Crippen LogP contribution in [0, 0.1) is 11.8 Å². The lowest BCUT2D eigenvalue weighted by Gasteiger charge is -2.21. The first-order valence-corrected chi connectivity index (χ1v) is 7.94. The molecule has 4 N–H and O–H groups in total. The van der Waals surface area contributed by atoms with E-state index in [0.29, 0.717) is 5.92 Å². The predicted octanol–water partition coefficient (Wildman–Crippen LogP) is 3.65. The zero-order valence-electron chi connectivity index (χ0n) is 13.2. The van der Waals surface area contributed by atoms with Gasteiger partial charge in [0.15, 0.2) is 0 Å². The number of urea groups is 1. The zero-order chi connectivity index (χ0) is 15.4. The Morgan fingerprint density at radius 2 is 2.19 bits per heavy atom. The third-order valence-electron chi connectivity index (χ3n) is 4.74. The molecule has 1 aromatic carbocycles. The number of carbonyl (C=O) groups excluding carboxylic acids is 1.